The lowest BCUT2D eigenvalue weighted by atomic mass is 10.1. The average Bonchev–Trinajstić information content (AvgIpc) is 2.58. The zero-order valence-electron chi connectivity index (χ0n) is 8.56. The maximum Gasteiger partial charge on any atom is 0.235 e. The normalized spacial score (nSPS) is 20.5. The average molecular weight is 242 g/mol. The fourth-order valence-electron chi connectivity index (χ4n) is 1.68. The molecule has 7 heteroatoms. The molecule has 0 aromatic carbocycles. The number of anilines is 2. The van der Waals surface area contributed by atoms with Gasteiger partial charge in [0.1, 0.15) is 11.0 Å². The molecular weight excluding hydrogens is 230 g/mol. The van der Waals surface area contributed by atoms with Gasteiger partial charge in [-0.3, -0.25) is 9.69 Å². The summed E-state index contributed by atoms with van der Waals surface area (Å²) < 4.78 is 0. The number of carbonyl (C=O) groups is 1. The van der Waals surface area contributed by atoms with Crippen LogP contribution in [0.4, 0.5) is 11.8 Å². The summed E-state index contributed by atoms with van der Waals surface area (Å²) in [6, 6.07) is 1.44. The lowest BCUT2D eigenvalue weighted by Crippen LogP contribution is -2.27. The summed E-state index contributed by atoms with van der Waals surface area (Å²) >= 11 is 5.75. The highest BCUT2D eigenvalue weighted by atomic mass is 35.5. The lowest BCUT2D eigenvalue weighted by Gasteiger charge is -2.14. The van der Waals surface area contributed by atoms with E-state index in [1.54, 1.807) is 0 Å². The molecule has 1 aliphatic rings. The number of hydrogen-bond donors (Lipinski definition) is 2. The molecule has 4 N–H and O–H groups in total. The fraction of sp³-hybridized carbons (Fsp3) is 0.444. The molecule has 16 heavy (non-hydrogen) atoms. The maximum absolute atomic E-state index is 11.7. The summed E-state index contributed by atoms with van der Waals surface area (Å²) in [5.41, 5.74) is 11.1. The molecule has 1 atom stereocenters. The van der Waals surface area contributed by atoms with Crippen molar-refractivity contribution in [2.45, 2.75) is 6.42 Å². The molecular formula is C9H12ClN5O. The quantitative estimate of drug-likeness (QED) is 0.712. The minimum Gasteiger partial charge on any atom is -0.383 e. The molecule has 1 aromatic rings. The van der Waals surface area contributed by atoms with Crippen molar-refractivity contribution < 1.29 is 4.79 Å². The summed E-state index contributed by atoms with van der Waals surface area (Å²) in [6.45, 7) is 0.993. The molecule has 1 aliphatic heterocycles. The largest absolute Gasteiger partial charge is 0.383 e. The highest BCUT2D eigenvalue weighted by Gasteiger charge is 2.31. The van der Waals surface area contributed by atoms with Gasteiger partial charge in [-0.1, -0.05) is 11.6 Å². The van der Waals surface area contributed by atoms with Crippen molar-refractivity contribution in [2.75, 3.05) is 23.7 Å². The summed E-state index contributed by atoms with van der Waals surface area (Å²) in [5, 5.41) is 0.228. The highest BCUT2D eigenvalue weighted by molar-refractivity contribution is 6.29. The molecule has 2 rings (SSSR count). The SMILES string of the molecule is NCC1CC(=O)N(c2nc(N)cc(Cl)n2)C1. The van der Waals surface area contributed by atoms with Crippen LogP contribution in [-0.4, -0.2) is 29.0 Å². The molecule has 1 saturated heterocycles. The third-order valence-corrected chi connectivity index (χ3v) is 2.68. The van der Waals surface area contributed by atoms with Crippen LogP contribution in [0, 0.1) is 5.92 Å². The molecule has 0 radical (unpaired) electrons. The molecule has 6 nitrogen and oxygen atoms in total. The van der Waals surface area contributed by atoms with E-state index >= 15 is 0 Å². The molecule has 1 amide bonds. The first-order valence-electron chi connectivity index (χ1n) is 4.90. The van der Waals surface area contributed by atoms with Crippen LogP contribution in [0.2, 0.25) is 5.15 Å². The van der Waals surface area contributed by atoms with Crippen LogP contribution in [0.3, 0.4) is 0 Å². The van der Waals surface area contributed by atoms with Crippen molar-refractivity contribution in [3.8, 4) is 0 Å². The zero-order valence-corrected chi connectivity index (χ0v) is 9.31. The Morgan fingerprint density at radius 2 is 2.31 bits per heavy atom. The number of nitrogens with two attached hydrogens (primary N) is 2. The Balaban J connectivity index is 2.27. The Morgan fingerprint density at radius 3 is 2.88 bits per heavy atom. The van der Waals surface area contributed by atoms with Crippen molar-refractivity contribution in [2.24, 2.45) is 11.7 Å². The fourth-order valence-corrected chi connectivity index (χ4v) is 1.86. The van der Waals surface area contributed by atoms with E-state index in [1.807, 2.05) is 0 Å². The Labute approximate surface area is 97.6 Å². The first-order chi connectivity index (χ1) is 7.60. The predicted molar refractivity (Wildman–Crippen MR) is 61.0 cm³/mol. The summed E-state index contributed by atoms with van der Waals surface area (Å²) in [4.78, 5) is 21.1. The summed E-state index contributed by atoms with van der Waals surface area (Å²) in [5.74, 6) is 0.610. The number of carbonyl (C=O) groups excluding carboxylic acids is 1. The minimum absolute atomic E-state index is 0.0443. The van der Waals surface area contributed by atoms with E-state index in [4.69, 9.17) is 23.1 Å². The predicted octanol–water partition coefficient (Wildman–Crippen LogP) is 0.0238. The topological polar surface area (TPSA) is 98.1 Å². The third-order valence-electron chi connectivity index (χ3n) is 2.48. The maximum atomic E-state index is 11.7. The molecule has 0 saturated carbocycles. The number of nitrogens with zero attached hydrogens (tertiary/aromatic N) is 3. The van der Waals surface area contributed by atoms with Crippen molar-refractivity contribution in [1.29, 1.82) is 0 Å². The van der Waals surface area contributed by atoms with Gasteiger partial charge in [0, 0.05) is 19.0 Å². The Kier molecular flexibility index (Phi) is 2.93. The molecule has 0 spiro atoms. The monoisotopic (exact) mass is 241 g/mol. The number of amides is 1. The second-order valence-electron chi connectivity index (χ2n) is 3.73. The van der Waals surface area contributed by atoms with E-state index in [1.165, 1.54) is 11.0 Å². The van der Waals surface area contributed by atoms with Crippen molar-refractivity contribution >= 4 is 29.3 Å². The van der Waals surface area contributed by atoms with Gasteiger partial charge in [0.15, 0.2) is 0 Å². The number of aromatic nitrogens is 2. The van der Waals surface area contributed by atoms with E-state index in [9.17, 15) is 4.79 Å². The van der Waals surface area contributed by atoms with Gasteiger partial charge in [-0.05, 0) is 12.5 Å². The van der Waals surface area contributed by atoms with E-state index < -0.39 is 0 Å². The molecule has 0 bridgehead atoms. The van der Waals surface area contributed by atoms with Gasteiger partial charge < -0.3 is 11.5 Å². The van der Waals surface area contributed by atoms with Crippen LogP contribution in [0.15, 0.2) is 6.07 Å². The van der Waals surface area contributed by atoms with Gasteiger partial charge >= 0.3 is 0 Å². The first-order valence-corrected chi connectivity index (χ1v) is 5.28. The molecule has 1 unspecified atom stereocenters. The van der Waals surface area contributed by atoms with E-state index in [-0.39, 0.29) is 28.7 Å². The zero-order chi connectivity index (χ0) is 11.7. The van der Waals surface area contributed by atoms with Crippen LogP contribution in [-0.2, 0) is 4.79 Å². The Bertz CT molecular complexity index is 404. The number of nitrogen functional groups attached to an aromatic ring is 1. The molecule has 2 heterocycles. The van der Waals surface area contributed by atoms with Gasteiger partial charge in [0.2, 0.25) is 11.9 Å². The lowest BCUT2D eigenvalue weighted by molar-refractivity contribution is -0.117. The molecule has 1 aromatic heterocycles. The second kappa shape index (κ2) is 4.23. The van der Waals surface area contributed by atoms with Crippen molar-refractivity contribution in [3.05, 3.63) is 11.2 Å². The van der Waals surface area contributed by atoms with Crippen LogP contribution >= 0.6 is 11.6 Å². The van der Waals surface area contributed by atoms with Gasteiger partial charge in [-0.15, -0.1) is 0 Å². The second-order valence-corrected chi connectivity index (χ2v) is 4.11. The Hall–Kier alpha value is -1.40. The standard InChI is InChI=1S/C9H12ClN5O/c10-6-2-7(12)14-9(13-6)15-4-5(3-11)1-8(15)16/h2,5H,1,3-4,11H2,(H2,12,13,14). The van der Waals surface area contributed by atoms with E-state index in [0.717, 1.165) is 0 Å². The van der Waals surface area contributed by atoms with Gasteiger partial charge in [-0.2, -0.15) is 4.98 Å². The van der Waals surface area contributed by atoms with E-state index in [0.29, 0.717) is 19.5 Å². The van der Waals surface area contributed by atoms with Crippen LogP contribution in [0.25, 0.3) is 0 Å². The Morgan fingerprint density at radius 1 is 1.56 bits per heavy atom. The highest BCUT2D eigenvalue weighted by Crippen LogP contribution is 2.23. The van der Waals surface area contributed by atoms with E-state index in [2.05, 4.69) is 9.97 Å². The number of hydrogen-bond acceptors (Lipinski definition) is 5. The van der Waals surface area contributed by atoms with Gasteiger partial charge in [0.25, 0.3) is 0 Å². The summed E-state index contributed by atoms with van der Waals surface area (Å²) in [7, 11) is 0. The van der Waals surface area contributed by atoms with Gasteiger partial charge in [-0.25, -0.2) is 4.98 Å². The summed E-state index contributed by atoms with van der Waals surface area (Å²) in [6.07, 6.45) is 0.423. The number of rotatable bonds is 2. The smallest absolute Gasteiger partial charge is 0.235 e. The van der Waals surface area contributed by atoms with Crippen molar-refractivity contribution in [1.82, 2.24) is 9.97 Å². The van der Waals surface area contributed by atoms with Crippen LogP contribution in [0.1, 0.15) is 6.42 Å². The molecule has 1 fully saturated rings. The molecule has 86 valence electrons. The first kappa shape index (κ1) is 11.1. The molecule has 0 aliphatic carbocycles. The third kappa shape index (κ3) is 2.07. The van der Waals surface area contributed by atoms with Crippen LogP contribution < -0.4 is 16.4 Å². The van der Waals surface area contributed by atoms with Crippen molar-refractivity contribution in [3.63, 3.8) is 0 Å². The minimum atomic E-state index is -0.0443. The number of halogens is 1. The van der Waals surface area contributed by atoms with Gasteiger partial charge in [0.05, 0.1) is 0 Å². The van der Waals surface area contributed by atoms with Crippen LogP contribution in [0.5, 0.6) is 0 Å².